The first-order chi connectivity index (χ1) is 13.5. The van der Waals surface area contributed by atoms with Crippen molar-refractivity contribution < 1.29 is 17.9 Å². The summed E-state index contributed by atoms with van der Waals surface area (Å²) in [7, 11) is -3.21. The Kier molecular flexibility index (Phi) is 5.07. The monoisotopic (exact) mass is 401 g/mol. The minimum Gasteiger partial charge on any atom is -0.494 e. The van der Waals surface area contributed by atoms with Gasteiger partial charge in [-0.1, -0.05) is 6.07 Å². The molecule has 1 amide bonds. The summed E-state index contributed by atoms with van der Waals surface area (Å²) < 4.78 is 30.3. The number of hydrogen-bond donors (Lipinski definition) is 0. The largest absolute Gasteiger partial charge is 0.494 e. The predicted octanol–water partition coefficient (Wildman–Crippen LogP) is 1.49. The third-order valence-electron chi connectivity index (χ3n) is 5.24. The van der Waals surface area contributed by atoms with Gasteiger partial charge < -0.3 is 9.64 Å². The van der Waals surface area contributed by atoms with Crippen molar-refractivity contribution in [1.29, 1.82) is 0 Å². The lowest BCUT2D eigenvalue weighted by molar-refractivity contribution is -0.123. The SMILES string of the molecule is CCOc1ccc(N2C(=O)CN(Cc3cccnc3)C3CS(=O)(=O)CC32)cc1. The van der Waals surface area contributed by atoms with Crippen LogP contribution in [0.3, 0.4) is 0 Å². The number of aromatic nitrogens is 1. The number of anilines is 1. The van der Waals surface area contributed by atoms with E-state index in [0.717, 1.165) is 11.3 Å². The van der Waals surface area contributed by atoms with Crippen LogP contribution in [0.5, 0.6) is 5.75 Å². The lowest BCUT2D eigenvalue weighted by atomic mass is 10.0. The highest BCUT2D eigenvalue weighted by Gasteiger charge is 2.49. The molecule has 0 bridgehead atoms. The number of carbonyl (C=O) groups is 1. The normalized spacial score (nSPS) is 24.2. The van der Waals surface area contributed by atoms with Gasteiger partial charge in [-0.25, -0.2) is 8.42 Å². The van der Waals surface area contributed by atoms with Gasteiger partial charge in [0.05, 0.1) is 30.7 Å². The van der Waals surface area contributed by atoms with Crippen LogP contribution in [0.4, 0.5) is 5.69 Å². The molecule has 2 atom stereocenters. The van der Waals surface area contributed by atoms with E-state index in [1.807, 2.05) is 48.2 Å². The number of amides is 1. The minimum absolute atomic E-state index is 0.0137. The number of rotatable bonds is 5. The summed E-state index contributed by atoms with van der Waals surface area (Å²) in [6, 6.07) is 10.4. The lowest BCUT2D eigenvalue weighted by Gasteiger charge is -2.43. The van der Waals surface area contributed by atoms with E-state index in [4.69, 9.17) is 4.74 Å². The Morgan fingerprint density at radius 3 is 2.57 bits per heavy atom. The Labute approximate surface area is 164 Å². The molecule has 2 aliphatic rings. The van der Waals surface area contributed by atoms with Crippen LogP contribution in [0, 0.1) is 0 Å². The Morgan fingerprint density at radius 1 is 1.14 bits per heavy atom. The van der Waals surface area contributed by atoms with Crippen LogP contribution in [-0.2, 0) is 21.2 Å². The van der Waals surface area contributed by atoms with Crippen molar-refractivity contribution in [2.45, 2.75) is 25.6 Å². The molecule has 2 saturated heterocycles. The number of pyridine rings is 1. The van der Waals surface area contributed by atoms with Crippen LogP contribution < -0.4 is 9.64 Å². The van der Waals surface area contributed by atoms with E-state index in [1.54, 1.807) is 17.3 Å². The van der Waals surface area contributed by atoms with E-state index >= 15 is 0 Å². The molecule has 3 heterocycles. The molecular weight excluding hydrogens is 378 g/mol. The van der Waals surface area contributed by atoms with Crippen molar-refractivity contribution in [2.75, 3.05) is 29.6 Å². The number of nitrogens with zero attached hydrogens (tertiary/aromatic N) is 3. The first-order valence-corrected chi connectivity index (χ1v) is 11.2. The lowest BCUT2D eigenvalue weighted by Crippen LogP contribution is -2.61. The Morgan fingerprint density at radius 2 is 1.89 bits per heavy atom. The van der Waals surface area contributed by atoms with Crippen molar-refractivity contribution in [3.8, 4) is 5.75 Å². The zero-order valence-electron chi connectivity index (χ0n) is 15.7. The Bertz CT molecular complexity index is 947. The van der Waals surface area contributed by atoms with E-state index in [2.05, 4.69) is 4.98 Å². The molecule has 0 aliphatic carbocycles. The van der Waals surface area contributed by atoms with Crippen LogP contribution in [0.2, 0.25) is 0 Å². The molecule has 1 aromatic carbocycles. The third kappa shape index (κ3) is 3.74. The molecule has 28 heavy (non-hydrogen) atoms. The predicted molar refractivity (Wildman–Crippen MR) is 106 cm³/mol. The highest BCUT2D eigenvalue weighted by molar-refractivity contribution is 7.91. The fourth-order valence-electron chi connectivity index (χ4n) is 4.06. The van der Waals surface area contributed by atoms with E-state index in [9.17, 15) is 13.2 Å². The van der Waals surface area contributed by atoms with Crippen molar-refractivity contribution in [2.24, 2.45) is 0 Å². The van der Waals surface area contributed by atoms with Crippen molar-refractivity contribution in [3.05, 3.63) is 54.4 Å². The molecule has 0 spiro atoms. The van der Waals surface area contributed by atoms with Gasteiger partial charge in [-0.2, -0.15) is 0 Å². The van der Waals surface area contributed by atoms with Crippen LogP contribution >= 0.6 is 0 Å². The first-order valence-electron chi connectivity index (χ1n) is 9.35. The average molecular weight is 401 g/mol. The quantitative estimate of drug-likeness (QED) is 0.755. The van der Waals surface area contributed by atoms with Gasteiger partial charge in [0.25, 0.3) is 0 Å². The van der Waals surface area contributed by atoms with Gasteiger partial charge >= 0.3 is 0 Å². The molecular formula is C20H23N3O4S. The number of sulfone groups is 1. The minimum atomic E-state index is -3.21. The molecule has 0 radical (unpaired) electrons. The maximum Gasteiger partial charge on any atom is 0.241 e. The van der Waals surface area contributed by atoms with Crippen molar-refractivity contribution in [3.63, 3.8) is 0 Å². The van der Waals surface area contributed by atoms with Gasteiger partial charge in [0, 0.05) is 30.7 Å². The van der Waals surface area contributed by atoms with Crippen LogP contribution in [0.1, 0.15) is 12.5 Å². The molecule has 2 unspecified atom stereocenters. The zero-order chi connectivity index (χ0) is 19.7. The fourth-order valence-corrected chi connectivity index (χ4v) is 6.04. The average Bonchev–Trinajstić information content (AvgIpc) is 2.99. The zero-order valence-corrected chi connectivity index (χ0v) is 16.5. The number of ether oxygens (including phenoxy) is 1. The number of piperazine rings is 1. The maximum atomic E-state index is 13.0. The topological polar surface area (TPSA) is 79.8 Å². The number of fused-ring (bicyclic) bond motifs is 1. The van der Waals surface area contributed by atoms with Gasteiger partial charge in [0.1, 0.15) is 5.75 Å². The highest BCUT2D eigenvalue weighted by Crippen LogP contribution is 2.33. The van der Waals surface area contributed by atoms with E-state index in [-0.39, 0.29) is 36.0 Å². The highest BCUT2D eigenvalue weighted by atomic mass is 32.2. The van der Waals surface area contributed by atoms with E-state index in [1.165, 1.54) is 0 Å². The Hall–Kier alpha value is -2.45. The van der Waals surface area contributed by atoms with E-state index in [0.29, 0.717) is 18.8 Å². The molecule has 4 rings (SSSR count). The Balaban J connectivity index is 1.62. The van der Waals surface area contributed by atoms with Crippen LogP contribution in [0.15, 0.2) is 48.8 Å². The summed E-state index contributed by atoms with van der Waals surface area (Å²) in [5.41, 5.74) is 1.68. The molecule has 148 valence electrons. The first kappa shape index (κ1) is 18.9. The summed E-state index contributed by atoms with van der Waals surface area (Å²) in [5.74, 6) is 0.690. The van der Waals surface area contributed by atoms with Crippen molar-refractivity contribution >= 4 is 21.4 Å². The summed E-state index contributed by atoms with van der Waals surface area (Å²) >= 11 is 0. The molecule has 0 saturated carbocycles. The van der Waals surface area contributed by atoms with Gasteiger partial charge in [-0.15, -0.1) is 0 Å². The molecule has 2 fully saturated rings. The van der Waals surface area contributed by atoms with Gasteiger partial charge in [-0.3, -0.25) is 14.7 Å². The van der Waals surface area contributed by atoms with Gasteiger partial charge in [-0.05, 0) is 42.8 Å². The van der Waals surface area contributed by atoms with Crippen LogP contribution in [0.25, 0.3) is 0 Å². The molecule has 8 heteroatoms. The maximum absolute atomic E-state index is 13.0. The number of hydrogen-bond acceptors (Lipinski definition) is 6. The summed E-state index contributed by atoms with van der Waals surface area (Å²) in [4.78, 5) is 20.7. The van der Waals surface area contributed by atoms with Gasteiger partial charge in [0.2, 0.25) is 5.91 Å². The van der Waals surface area contributed by atoms with Crippen LogP contribution in [-0.4, -0.2) is 60.9 Å². The summed E-state index contributed by atoms with van der Waals surface area (Å²) in [6.07, 6.45) is 3.45. The van der Waals surface area contributed by atoms with Gasteiger partial charge in [0.15, 0.2) is 9.84 Å². The summed E-state index contributed by atoms with van der Waals surface area (Å²) in [5, 5.41) is 0. The second kappa shape index (κ2) is 7.52. The number of carbonyl (C=O) groups excluding carboxylic acids is 1. The molecule has 2 aromatic rings. The summed E-state index contributed by atoms with van der Waals surface area (Å²) in [6.45, 7) is 3.16. The number of benzene rings is 1. The molecule has 2 aliphatic heterocycles. The smallest absolute Gasteiger partial charge is 0.241 e. The molecule has 1 aromatic heterocycles. The third-order valence-corrected chi connectivity index (χ3v) is 6.93. The van der Waals surface area contributed by atoms with Crippen molar-refractivity contribution in [1.82, 2.24) is 9.88 Å². The van der Waals surface area contributed by atoms with E-state index < -0.39 is 9.84 Å². The second-order valence-corrected chi connectivity index (χ2v) is 9.32. The second-order valence-electron chi connectivity index (χ2n) is 7.17. The molecule has 0 N–H and O–H groups in total. The standard InChI is InChI=1S/C20H23N3O4S/c1-2-27-17-7-5-16(6-8-17)23-19-14-28(25,26)13-18(19)22(12-20(23)24)11-15-4-3-9-21-10-15/h3-10,18-19H,2,11-14H2,1H3. The fraction of sp³-hybridized carbons (Fsp3) is 0.400. The molecule has 7 nitrogen and oxygen atoms in total.